The molecule has 0 rings (SSSR count). The fourth-order valence-corrected chi connectivity index (χ4v) is 0.987. The molecule has 3 nitrogen and oxygen atoms in total. The summed E-state index contributed by atoms with van der Waals surface area (Å²) < 4.78 is 0. The lowest BCUT2D eigenvalue weighted by Crippen LogP contribution is -2.42. The van der Waals surface area contributed by atoms with Gasteiger partial charge in [0.15, 0.2) is 0 Å². The summed E-state index contributed by atoms with van der Waals surface area (Å²) in [6, 6.07) is 0. The van der Waals surface area contributed by atoms with E-state index in [1.807, 2.05) is 0 Å². The number of hydrogen-bond acceptors (Lipinski definition) is 2. The van der Waals surface area contributed by atoms with Crippen molar-refractivity contribution in [3.63, 3.8) is 0 Å². The van der Waals surface area contributed by atoms with E-state index in [2.05, 4.69) is 26.1 Å². The van der Waals surface area contributed by atoms with Crippen LogP contribution in [0.3, 0.4) is 0 Å². The largest absolute Gasteiger partial charge is 0.370 e. The molecule has 3 N–H and O–H groups in total. The predicted molar refractivity (Wildman–Crippen MR) is 50.8 cm³/mol. The minimum absolute atomic E-state index is 0.162. The summed E-state index contributed by atoms with van der Waals surface area (Å²) in [6.45, 7) is 7.13. The molecule has 1 amide bonds. The second-order valence-electron chi connectivity index (χ2n) is 3.41. The first-order valence-electron chi connectivity index (χ1n) is 4.57. The van der Waals surface area contributed by atoms with Gasteiger partial charge in [0, 0.05) is 18.5 Å². The predicted octanol–water partition coefficient (Wildman–Crippen LogP) is 1.03. The fourth-order valence-electron chi connectivity index (χ4n) is 0.987. The van der Waals surface area contributed by atoms with E-state index in [4.69, 9.17) is 5.73 Å². The summed E-state index contributed by atoms with van der Waals surface area (Å²) >= 11 is 0. The van der Waals surface area contributed by atoms with Crippen LogP contribution in [0.1, 0.15) is 40.0 Å². The molecule has 12 heavy (non-hydrogen) atoms. The Balaban J connectivity index is 3.65. The number of nitrogens with two attached hydrogens (primary N) is 1. The molecule has 0 saturated carbocycles. The SMILES string of the molecule is CCC(C)(CC)NCCC(N)=O. The molecule has 0 aromatic carbocycles. The quantitative estimate of drug-likeness (QED) is 0.628. The van der Waals surface area contributed by atoms with Gasteiger partial charge in [0.25, 0.3) is 0 Å². The van der Waals surface area contributed by atoms with Crippen LogP contribution in [0.15, 0.2) is 0 Å². The van der Waals surface area contributed by atoms with Crippen LogP contribution in [-0.2, 0) is 4.79 Å². The third kappa shape index (κ3) is 4.34. The Hall–Kier alpha value is -0.570. The summed E-state index contributed by atoms with van der Waals surface area (Å²) in [6.07, 6.45) is 2.57. The van der Waals surface area contributed by atoms with Crippen molar-refractivity contribution >= 4 is 5.91 Å². The van der Waals surface area contributed by atoms with Gasteiger partial charge in [0.2, 0.25) is 5.91 Å². The van der Waals surface area contributed by atoms with E-state index in [0.717, 1.165) is 12.8 Å². The van der Waals surface area contributed by atoms with Crippen molar-refractivity contribution in [2.24, 2.45) is 5.73 Å². The maximum atomic E-state index is 10.4. The second kappa shape index (κ2) is 5.14. The van der Waals surface area contributed by atoms with E-state index in [1.54, 1.807) is 0 Å². The minimum atomic E-state index is -0.239. The number of nitrogens with one attached hydrogen (secondary N) is 1. The molecule has 3 heteroatoms. The Labute approximate surface area is 74.7 Å². The Morgan fingerprint density at radius 2 is 1.92 bits per heavy atom. The van der Waals surface area contributed by atoms with Gasteiger partial charge in [-0.3, -0.25) is 4.79 Å². The first kappa shape index (κ1) is 11.4. The topological polar surface area (TPSA) is 55.1 Å². The standard InChI is InChI=1S/C9H20N2O/c1-4-9(3,5-2)11-7-6-8(10)12/h11H,4-7H2,1-3H3,(H2,10,12). The molecular weight excluding hydrogens is 152 g/mol. The van der Waals surface area contributed by atoms with Gasteiger partial charge in [-0.15, -0.1) is 0 Å². The van der Waals surface area contributed by atoms with Crippen LogP contribution in [0.4, 0.5) is 0 Å². The van der Waals surface area contributed by atoms with Gasteiger partial charge < -0.3 is 11.1 Å². The summed E-state index contributed by atoms with van der Waals surface area (Å²) in [5.74, 6) is -0.239. The van der Waals surface area contributed by atoms with Gasteiger partial charge in [0.05, 0.1) is 0 Å². The lowest BCUT2D eigenvalue weighted by atomic mass is 9.95. The highest BCUT2D eigenvalue weighted by atomic mass is 16.1. The minimum Gasteiger partial charge on any atom is -0.370 e. The van der Waals surface area contributed by atoms with Gasteiger partial charge in [-0.1, -0.05) is 13.8 Å². The summed E-state index contributed by atoms with van der Waals surface area (Å²) in [4.78, 5) is 10.4. The van der Waals surface area contributed by atoms with Gasteiger partial charge >= 0.3 is 0 Å². The highest BCUT2D eigenvalue weighted by Crippen LogP contribution is 2.12. The van der Waals surface area contributed by atoms with Crippen molar-refractivity contribution in [3.05, 3.63) is 0 Å². The molecule has 0 radical (unpaired) electrons. The van der Waals surface area contributed by atoms with E-state index in [1.165, 1.54) is 0 Å². The maximum Gasteiger partial charge on any atom is 0.218 e. The number of rotatable bonds is 6. The van der Waals surface area contributed by atoms with Crippen LogP contribution in [0.2, 0.25) is 0 Å². The number of amides is 1. The first-order chi connectivity index (χ1) is 5.54. The fraction of sp³-hybridized carbons (Fsp3) is 0.889. The summed E-state index contributed by atoms with van der Waals surface area (Å²) in [5.41, 5.74) is 5.19. The molecule has 0 aliphatic carbocycles. The first-order valence-corrected chi connectivity index (χ1v) is 4.57. The van der Waals surface area contributed by atoms with Crippen molar-refractivity contribution in [2.75, 3.05) is 6.54 Å². The van der Waals surface area contributed by atoms with Crippen LogP contribution in [0, 0.1) is 0 Å². The average Bonchev–Trinajstić information content (AvgIpc) is 2.03. The zero-order valence-corrected chi connectivity index (χ0v) is 8.31. The number of hydrogen-bond donors (Lipinski definition) is 2. The van der Waals surface area contributed by atoms with Gasteiger partial charge in [-0.2, -0.15) is 0 Å². The van der Waals surface area contributed by atoms with Crippen LogP contribution in [0.5, 0.6) is 0 Å². The van der Waals surface area contributed by atoms with E-state index in [0.29, 0.717) is 13.0 Å². The van der Waals surface area contributed by atoms with Crippen LogP contribution < -0.4 is 11.1 Å². The van der Waals surface area contributed by atoms with Gasteiger partial charge in [0.1, 0.15) is 0 Å². The van der Waals surface area contributed by atoms with Crippen molar-refractivity contribution in [2.45, 2.75) is 45.6 Å². The average molecular weight is 172 g/mol. The number of primary amides is 1. The van der Waals surface area contributed by atoms with Crippen molar-refractivity contribution in [3.8, 4) is 0 Å². The molecule has 72 valence electrons. The van der Waals surface area contributed by atoms with E-state index in [-0.39, 0.29) is 11.4 Å². The van der Waals surface area contributed by atoms with Gasteiger partial charge in [-0.05, 0) is 19.8 Å². The Morgan fingerprint density at radius 1 is 1.42 bits per heavy atom. The molecular formula is C9H20N2O. The Bertz CT molecular complexity index is 141. The second-order valence-corrected chi connectivity index (χ2v) is 3.41. The third-order valence-electron chi connectivity index (χ3n) is 2.48. The smallest absolute Gasteiger partial charge is 0.218 e. The van der Waals surface area contributed by atoms with E-state index in [9.17, 15) is 4.79 Å². The highest BCUT2D eigenvalue weighted by Gasteiger charge is 2.17. The van der Waals surface area contributed by atoms with E-state index >= 15 is 0 Å². The molecule has 0 atom stereocenters. The zero-order chi connectivity index (χ0) is 9.61. The van der Waals surface area contributed by atoms with Crippen molar-refractivity contribution in [1.29, 1.82) is 0 Å². The monoisotopic (exact) mass is 172 g/mol. The molecule has 0 spiro atoms. The molecule has 0 bridgehead atoms. The van der Waals surface area contributed by atoms with Crippen LogP contribution in [0.25, 0.3) is 0 Å². The molecule has 0 aliphatic rings. The van der Waals surface area contributed by atoms with Crippen LogP contribution in [-0.4, -0.2) is 18.0 Å². The lowest BCUT2D eigenvalue weighted by Gasteiger charge is -2.28. The molecule has 0 aromatic rings. The number of carbonyl (C=O) groups excluding carboxylic acids is 1. The molecule has 0 aromatic heterocycles. The molecule has 0 heterocycles. The Morgan fingerprint density at radius 3 is 2.25 bits per heavy atom. The molecule has 0 saturated heterocycles. The van der Waals surface area contributed by atoms with Gasteiger partial charge in [-0.25, -0.2) is 0 Å². The highest BCUT2D eigenvalue weighted by molar-refractivity contribution is 5.73. The molecule has 0 fully saturated rings. The maximum absolute atomic E-state index is 10.4. The number of carbonyl (C=O) groups is 1. The lowest BCUT2D eigenvalue weighted by molar-refractivity contribution is -0.117. The summed E-state index contributed by atoms with van der Waals surface area (Å²) in [5, 5.41) is 3.33. The molecule has 0 unspecified atom stereocenters. The third-order valence-corrected chi connectivity index (χ3v) is 2.48. The Kier molecular flexibility index (Phi) is 4.90. The van der Waals surface area contributed by atoms with E-state index < -0.39 is 0 Å². The van der Waals surface area contributed by atoms with Crippen molar-refractivity contribution in [1.82, 2.24) is 5.32 Å². The summed E-state index contributed by atoms with van der Waals surface area (Å²) in [7, 11) is 0. The zero-order valence-electron chi connectivity index (χ0n) is 8.31. The van der Waals surface area contributed by atoms with Crippen LogP contribution >= 0.6 is 0 Å². The van der Waals surface area contributed by atoms with Crippen molar-refractivity contribution < 1.29 is 4.79 Å². The normalized spacial score (nSPS) is 11.6. The molecule has 0 aliphatic heterocycles.